The van der Waals surface area contributed by atoms with E-state index in [-0.39, 0.29) is 5.75 Å². The lowest BCUT2D eigenvalue weighted by molar-refractivity contribution is 0.101. The lowest BCUT2D eigenvalue weighted by Gasteiger charge is -2.21. The summed E-state index contributed by atoms with van der Waals surface area (Å²) in [6.07, 6.45) is 9.39. The number of amides is 1. The summed E-state index contributed by atoms with van der Waals surface area (Å²) in [5.74, 6) is -3.22. The van der Waals surface area contributed by atoms with Crippen LogP contribution in [0.2, 0.25) is 0 Å². The number of benzene rings is 1. The Bertz CT molecular complexity index is 1280. The molecule has 33 heavy (non-hydrogen) atoms. The summed E-state index contributed by atoms with van der Waals surface area (Å²) in [4.78, 5) is 20.2. The Kier molecular flexibility index (Phi) is 6.64. The van der Waals surface area contributed by atoms with E-state index in [9.17, 15) is 22.0 Å². The third-order valence-electron chi connectivity index (χ3n) is 5.92. The summed E-state index contributed by atoms with van der Waals surface area (Å²) in [5.41, 5.74) is 0.748. The van der Waals surface area contributed by atoms with Crippen LogP contribution in [0.25, 0.3) is 11.0 Å². The first-order valence-corrected chi connectivity index (χ1v) is 12.7. The summed E-state index contributed by atoms with van der Waals surface area (Å²) in [6.45, 7) is 1.66. The van der Waals surface area contributed by atoms with Crippen molar-refractivity contribution in [3.8, 4) is 0 Å². The first-order chi connectivity index (χ1) is 15.8. The fourth-order valence-corrected chi connectivity index (χ4v) is 5.50. The molecular weight excluding hydrogens is 450 g/mol. The van der Waals surface area contributed by atoms with Gasteiger partial charge in [0.15, 0.2) is 5.82 Å². The molecular formula is C23H26F2N4O3S. The summed E-state index contributed by atoms with van der Waals surface area (Å²) >= 11 is 0. The molecule has 1 aliphatic rings. The molecule has 3 aromatic rings. The zero-order valence-electron chi connectivity index (χ0n) is 18.2. The number of carbonyl (C=O) groups excluding carboxylic acids is 1. The number of fused-ring (bicyclic) bond motifs is 1. The normalized spacial score (nSPS) is 15.0. The number of halogens is 2. The van der Waals surface area contributed by atoms with Gasteiger partial charge in [-0.3, -0.25) is 9.52 Å². The third kappa shape index (κ3) is 5.00. The zero-order valence-corrected chi connectivity index (χ0v) is 19.1. The van der Waals surface area contributed by atoms with Gasteiger partial charge in [-0.1, -0.05) is 26.2 Å². The van der Waals surface area contributed by atoms with E-state index in [1.54, 1.807) is 13.0 Å². The molecule has 1 aromatic carbocycles. The van der Waals surface area contributed by atoms with Gasteiger partial charge in [-0.25, -0.2) is 22.2 Å². The number of aromatic amines is 1. The van der Waals surface area contributed by atoms with E-state index in [2.05, 4.69) is 20.0 Å². The lowest BCUT2D eigenvalue weighted by Crippen LogP contribution is -2.20. The predicted molar refractivity (Wildman–Crippen MR) is 124 cm³/mol. The minimum Gasteiger partial charge on any atom is -0.346 e. The first kappa shape index (κ1) is 23.2. The van der Waals surface area contributed by atoms with Gasteiger partial charge in [-0.2, -0.15) is 0 Å². The number of H-pyrrole nitrogens is 1. The van der Waals surface area contributed by atoms with Crippen molar-refractivity contribution in [1.82, 2.24) is 9.97 Å². The maximum atomic E-state index is 14.9. The van der Waals surface area contributed by atoms with Crippen molar-refractivity contribution < 1.29 is 22.0 Å². The van der Waals surface area contributed by atoms with Crippen LogP contribution in [0.1, 0.15) is 67.3 Å². The van der Waals surface area contributed by atoms with Crippen LogP contribution in [0.5, 0.6) is 0 Å². The standard InChI is InChI=1S/C23H26F2N4O3S/c1-2-10-33(31,32)29-19-9-8-18(24)20(21(19)25)23(30)28-15-11-16-17(13-27-22(16)26-12-15)14-6-4-3-5-7-14/h8-9,11-14,29H,2-7,10H2,1H3,(H,26,27)(H,28,30). The Morgan fingerprint density at radius 3 is 2.70 bits per heavy atom. The zero-order chi connectivity index (χ0) is 23.6. The molecule has 1 fully saturated rings. The van der Waals surface area contributed by atoms with E-state index in [4.69, 9.17) is 0 Å². The third-order valence-corrected chi connectivity index (χ3v) is 7.40. The highest BCUT2D eigenvalue weighted by atomic mass is 32.2. The molecule has 7 nitrogen and oxygen atoms in total. The molecule has 0 atom stereocenters. The minimum atomic E-state index is -3.81. The molecule has 10 heteroatoms. The quantitative estimate of drug-likeness (QED) is 0.431. The summed E-state index contributed by atoms with van der Waals surface area (Å²) in [6, 6.07) is 3.55. The fourth-order valence-electron chi connectivity index (χ4n) is 4.36. The van der Waals surface area contributed by atoms with Gasteiger partial charge in [0.25, 0.3) is 5.91 Å². The number of nitrogens with one attached hydrogen (secondary N) is 3. The van der Waals surface area contributed by atoms with E-state index in [1.807, 2.05) is 6.20 Å². The number of pyridine rings is 1. The highest BCUT2D eigenvalue weighted by molar-refractivity contribution is 7.92. The van der Waals surface area contributed by atoms with Gasteiger partial charge in [-0.05, 0) is 48.9 Å². The van der Waals surface area contributed by atoms with Crippen LogP contribution in [0.15, 0.2) is 30.6 Å². The van der Waals surface area contributed by atoms with Crippen LogP contribution in [-0.4, -0.2) is 30.0 Å². The number of hydrogen-bond donors (Lipinski definition) is 3. The van der Waals surface area contributed by atoms with E-state index in [0.29, 0.717) is 23.7 Å². The second kappa shape index (κ2) is 9.46. The van der Waals surface area contributed by atoms with Gasteiger partial charge in [0.2, 0.25) is 10.0 Å². The number of nitrogens with zero attached hydrogens (tertiary/aromatic N) is 1. The molecule has 0 radical (unpaired) electrons. The number of sulfonamides is 1. The van der Waals surface area contributed by atoms with E-state index >= 15 is 0 Å². The molecule has 1 saturated carbocycles. The molecule has 176 valence electrons. The van der Waals surface area contributed by atoms with Crippen LogP contribution in [-0.2, 0) is 10.0 Å². The predicted octanol–water partition coefficient (Wildman–Crippen LogP) is 5.29. The number of anilines is 2. The second-order valence-corrected chi connectivity index (χ2v) is 10.2. The highest BCUT2D eigenvalue weighted by Crippen LogP contribution is 2.36. The average Bonchev–Trinajstić information content (AvgIpc) is 3.19. The molecule has 0 saturated heterocycles. The minimum absolute atomic E-state index is 0.225. The smallest absolute Gasteiger partial charge is 0.261 e. The molecule has 0 aliphatic heterocycles. The van der Waals surface area contributed by atoms with Crippen LogP contribution >= 0.6 is 0 Å². The topological polar surface area (TPSA) is 104 Å². The van der Waals surface area contributed by atoms with Gasteiger partial charge in [-0.15, -0.1) is 0 Å². The second-order valence-electron chi connectivity index (χ2n) is 8.36. The molecule has 1 aliphatic carbocycles. The molecule has 0 bridgehead atoms. The molecule has 2 aromatic heterocycles. The maximum Gasteiger partial charge on any atom is 0.261 e. The van der Waals surface area contributed by atoms with Crippen LogP contribution in [0.4, 0.5) is 20.2 Å². The molecule has 2 heterocycles. The van der Waals surface area contributed by atoms with Gasteiger partial charge >= 0.3 is 0 Å². The Morgan fingerprint density at radius 1 is 1.21 bits per heavy atom. The monoisotopic (exact) mass is 476 g/mol. The molecule has 0 unspecified atom stereocenters. The van der Waals surface area contributed by atoms with E-state index < -0.39 is 38.8 Å². The SMILES string of the molecule is CCCS(=O)(=O)Nc1ccc(F)c(C(=O)Nc2cnc3[nH]cc(C4CCCCC4)c3c2)c1F. The van der Waals surface area contributed by atoms with Crippen LogP contribution in [0.3, 0.4) is 0 Å². The van der Waals surface area contributed by atoms with Crippen molar-refractivity contribution >= 4 is 38.3 Å². The van der Waals surface area contributed by atoms with Crippen molar-refractivity contribution in [2.45, 2.75) is 51.4 Å². The van der Waals surface area contributed by atoms with Crippen molar-refractivity contribution in [2.24, 2.45) is 0 Å². The van der Waals surface area contributed by atoms with Gasteiger partial charge in [0.1, 0.15) is 17.0 Å². The van der Waals surface area contributed by atoms with Crippen molar-refractivity contribution in [3.05, 3.63) is 53.4 Å². The fraction of sp³-hybridized carbons (Fsp3) is 0.391. The van der Waals surface area contributed by atoms with Gasteiger partial charge in [0, 0.05) is 11.6 Å². The summed E-state index contributed by atoms with van der Waals surface area (Å²) < 4.78 is 55.3. The molecule has 1 amide bonds. The van der Waals surface area contributed by atoms with E-state index in [1.165, 1.54) is 12.6 Å². The summed E-state index contributed by atoms with van der Waals surface area (Å²) in [7, 11) is -3.81. The van der Waals surface area contributed by atoms with Crippen LogP contribution < -0.4 is 10.0 Å². The molecule has 0 spiro atoms. The number of carbonyl (C=O) groups is 1. The lowest BCUT2D eigenvalue weighted by atomic mass is 9.84. The number of hydrogen-bond acceptors (Lipinski definition) is 4. The first-order valence-electron chi connectivity index (χ1n) is 11.1. The van der Waals surface area contributed by atoms with Gasteiger partial charge in [0.05, 0.1) is 23.3 Å². The average molecular weight is 477 g/mol. The summed E-state index contributed by atoms with van der Waals surface area (Å²) in [5, 5.41) is 3.36. The Balaban J connectivity index is 1.61. The largest absolute Gasteiger partial charge is 0.346 e. The van der Waals surface area contributed by atoms with Crippen molar-refractivity contribution in [1.29, 1.82) is 0 Å². The molecule has 4 rings (SSSR count). The molecule has 3 N–H and O–H groups in total. The highest BCUT2D eigenvalue weighted by Gasteiger charge is 2.24. The number of rotatable bonds is 7. The Labute approximate surface area is 191 Å². The van der Waals surface area contributed by atoms with Gasteiger partial charge < -0.3 is 10.3 Å². The maximum absolute atomic E-state index is 14.9. The van der Waals surface area contributed by atoms with Crippen LogP contribution in [0, 0.1) is 11.6 Å². The Morgan fingerprint density at radius 2 is 1.97 bits per heavy atom. The Hall–Kier alpha value is -3.01. The van der Waals surface area contributed by atoms with E-state index in [0.717, 1.165) is 48.8 Å². The van der Waals surface area contributed by atoms with Crippen molar-refractivity contribution in [3.63, 3.8) is 0 Å². The van der Waals surface area contributed by atoms with Crippen molar-refractivity contribution in [2.75, 3.05) is 15.8 Å². The number of aromatic nitrogens is 2.